The second-order valence-electron chi connectivity index (χ2n) is 10.3. The van der Waals surface area contributed by atoms with Crippen LogP contribution in [0.15, 0.2) is 22.8 Å². The van der Waals surface area contributed by atoms with Crippen molar-refractivity contribution in [2.45, 2.75) is 82.4 Å². The third kappa shape index (κ3) is 2.45. The van der Waals surface area contributed by atoms with E-state index < -0.39 is 11.4 Å². The van der Waals surface area contributed by atoms with Crippen molar-refractivity contribution in [3.8, 4) is 0 Å². The van der Waals surface area contributed by atoms with Gasteiger partial charge in [-0.2, -0.15) is 0 Å². The summed E-state index contributed by atoms with van der Waals surface area (Å²) in [5.41, 5.74) is 3.69. The van der Waals surface area contributed by atoms with E-state index in [1.54, 1.807) is 5.57 Å². The van der Waals surface area contributed by atoms with Gasteiger partial charge in [-0.1, -0.05) is 18.6 Å². The van der Waals surface area contributed by atoms with Crippen LogP contribution >= 0.6 is 0 Å². The van der Waals surface area contributed by atoms with Gasteiger partial charge in [0.05, 0.1) is 38.1 Å². The molecule has 3 unspecified atom stereocenters. The Kier molecular flexibility index (Phi) is 4.19. The van der Waals surface area contributed by atoms with Gasteiger partial charge in [0, 0.05) is 18.3 Å². The fraction of sp³-hybridized carbons (Fsp3) is 0.833. The van der Waals surface area contributed by atoms with Crippen LogP contribution in [0.4, 0.5) is 0 Å². The first-order chi connectivity index (χ1) is 14.0. The van der Waals surface area contributed by atoms with E-state index >= 15 is 0 Å². The fourth-order valence-electron chi connectivity index (χ4n) is 7.73. The van der Waals surface area contributed by atoms with Crippen LogP contribution in [0.2, 0.25) is 0 Å². The minimum atomic E-state index is -0.775. The molecule has 5 nitrogen and oxygen atoms in total. The summed E-state index contributed by atoms with van der Waals surface area (Å²) in [6.07, 6.45) is 9.09. The molecule has 3 fully saturated rings. The molecule has 1 spiro atoms. The van der Waals surface area contributed by atoms with Crippen LogP contribution < -0.4 is 0 Å². The van der Waals surface area contributed by atoms with E-state index in [0.29, 0.717) is 38.3 Å². The Bertz CT molecular complexity index is 773. The highest BCUT2D eigenvalue weighted by Gasteiger charge is 2.63. The Morgan fingerprint density at radius 3 is 2.69 bits per heavy atom. The van der Waals surface area contributed by atoms with Crippen molar-refractivity contribution in [1.29, 1.82) is 0 Å². The first-order valence-electron chi connectivity index (χ1n) is 11.6. The average molecular weight is 403 g/mol. The molecule has 4 heterocycles. The summed E-state index contributed by atoms with van der Waals surface area (Å²) in [7, 11) is 0. The predicted octanol–water partition coefficient (Wildman–Crippen LogP) is 3.51. The molecular formula is C24H34O5. The number of ether oxygens (including phenoxy) is 4. The van der Waals surface area contributed by atoms with Gasteiger partial charge in [0.1, 0.15) is 6.10 Å². The van der Waals surface area contributed by atoms with Gasteiger partial charge >= 0.3 is 0 Å². The maximum atomic E-state index is 11.8. The summed E-state index contributed by atoms with van der Waals surface area (Å²) >= 11 is 0. The zero-order valence-corrected chi connectivity index (χ0v) is 17.7. The van der Waals surface area contributed by atoms with Crippen molar-refractivity contribution < 1.29 is 24.1 Å². The van der Waals surface area contributed by atoms with Gasteiger partial charge in [-0.15, -0.1) is 0 Å². The highest BCUT2D eigenvalue weighted by atomic mass is 16.7. The van der Waals surface area contributed by atoms with Gasteiger partial charge in [0.15, 0.2) is 5.79 Å². The molecule has 8 rings (SSSR count). The van der Waals surface area contributed by atoms with Crippen molar-refractivity contribution in [1.82, 2.24) is 0 Å². The van der Waals surface area contributed by atoms with E-state index in [1.165, 1.54) is 17.6 Å². The number of hydrogen-bond donors (Lipinski definition) is 1. The van der Waals surface area contributed by atoms with Crippen molar-refractivity contribution >= 4 is 0 Å². The highest BCUT2D eigenvalue weighted by Crippen LogP contribution is 2.64. The molecule has 5 heteroatoms. The molecule has 0 radical (unpaired) electrons. The molecule has 8 aliphatic rings. The lowest BCUT2D eigenvalue weighted by molar-refractivity contribution is -0.330. The van der Waals surface area contributed by atoms with Gasteiger partial charge in [-0.05, 0) is 62.0 Å². The van der Waals surface area contributed by atoms with Crippen molar-refractivity contribution in [3.05, 3.63) is 22.8 Å². The summed E-state index contributed by atoms with van der Waals surface area (Å²) in [6, 6.07) is 0. The Morgan fingerprint density at radius 1 is 1.07 bits per heavy atom. The monoisotopic (exact) mass is 402 g/mol. The molecule has 0 aromatic heterocycles. The average Bonchev–Trinajstić information content (AvgIpc) is 3.01. The minimum absolute atomic E-state index is 0.0381. The van der Waals surface area contributed by atoms with Crippen molar-refractivity contribution in [2.75, 3.05) is 26.4 Å². The highest BCUT2D eigenvalue weighted by molar-refractivity contribution is 5.46. The van der Waals surface area contributed by atoms with E-state index in [2.05, 4.69) is 13.0 Å². The standard InChI is InChI=1S/C24H34O5/c1-15-23(25)8-6-20-18-4-3-16-14-24(28-11-9-26-15)21(27-10-12-29-24)13-19(16)17(18)5-7-22(20,23)2/h5,15,18,20-21,25H,3-4,6-14H2,1-2H3/t15?,18-,20+,21?,22+,23+,24?/m1/s1. The number of hydrogen-bond acceptors (Lipinski definition) is 5. The summed E-state index contributed by atoms with van der Waals surface area (Å²) in [4.78, 5) is 0. The summed E-state index contributed by atoms with van der Waals surface area (Å²) < 4.78 is 25.0. The van der Waals surface area contributed by atoms with Gasteiger partial charge in [-0.25, -0.2) is 0 Å². The number of aliphatic hydroxyl groups is 1. The molecule has 4 aliphatic carbocycles. The third-order valence-electron chi connectivity index (χ3n) is 9.37. The maximum Gasteiger partial charge on any atom is 0.199 e. The maximum absolute atomic E-state index is 11.8. The molecule has 4 aliphatic heterocycles. The van der Waals surface area contributed by atoms with E-state index in [1.807, 2.05) is 6.92 Å². The molecule has 160 valence electrons. The first kappa shape index (κ1) is 19.0. The quantitative estimate of drug-likeness (QED) is 0.672. The van der Waals surface area contributed by atoms with E-state index in [-0.39, 0.29) is 17.6 Å². The largest absolute Gasteiger partial charge is 0.387 e. The lowest BCUT2D eigenvalue weighted by Gasteiger charge is -2.54. The van der Waals surface area contributed by atoms with Crippen LogP contribution in [0.3, 0.4) is 0 Å². The normalized spacial score (nSPS) is 51.8. The van der Waals surface area contributed by atoms with Crippen LogP contribution in [0, 0.1) is 17.3 Å². The fourth-order valence-corrected chi connectivity index (χ4v) is 7.73. The van der Waals surface area contributed by atoms with Gasteiger partial charge < -0.3 is 24.1 Å². The predicted molar refractivity (Wildman–Crippen MR) is 107 cm³/mol. The second kappa shape index (κ2) is 6.39. The summed E-state index contributed by atoms with van der Waals surface area (Å²) in [5.74, 6) is 0.414. The molecule has 8 bridgehead atoms. The molecule has 0 aromatic rings. The second-order valence-corrected chi connectivity index (χ2v) is 10.3. The lowest BCUT2D eigenvalue weighted by Crippen LogP contribution is -2.58. The zero-order valence-electron chi connectivity index (χ0n) is 17.7. The molecule has 7 atom stereocenters. The van der Waals surface area contributed by atoms with Crippen LogP contribution in [-0.2, 0) is 18.9 Å². The van der Waals surface area contributed by atoms with Crippen molar-refractivity contribution in [3.63, 3.8) is 0 Å². The topological polar surface area (TPSA) is 57.2 Å². The van der Waals surface area contributed by atoms with Gasteiger partial charge in [-0.3, -0.25) is 0 Å². The zero-order chi connectivity index (χ0) is 19.9. The molecule has 2 saturated heterocycles. The van der Waals surface area contributed by atoms with Crippen molar-refractivity contribution in [2.24, 2.45) is 17.3 Å². The Labute approximate surface area is 173 Å². The third-order valence-corrected chi connectivity index (χ3v) is 9.37. The number of rotatable bonds is 0. The number of fused-ring (bicyclic) bond motifs is 1. The summed E-state index contributed by atoms with van der Waals surface area (Å²) in [6.45, 7) is 6.53. The van der Waals surface area contributed by atoms with Crippen LogP contribution in [0.1, 0.15) is 58.8 Å². The van der Waals surface area contributed by atoms with Crippen LogP contribution in [-0.4, -0.2) is 55.1 Å². The lowest BCUT2D eigenvalue weighted by atomic mass is 9.55. The summed E-state index contributed by atoms with van der Waals surface area (Å²) in [5, 5.41) is 11.8. The molecule has 29 heavy (non-hydrogen) atoms. The SMILES string of the molecule is CC1OCCOC23CC4=C(CC2OCCO3)C2=CC[C@@]3(C)[C@@H](CC[C@]13O)[C@@H]2CC4. The van der Waals surface area contributed by atoms with E-state index in [0.717, 1.165) is 38.5 Å². The molecule has 0 amide bonds. The van der Waals surface area contributed by atoms with E-state index in [9.17, 15) is 5.11 Å². The van der Waals surface area contributed by atoms with Gasteiger partial charge in [0.2, 0.25) is 0 Å². The smallest absolute Gasteiger partial charge is 0.199 e. The first-order valence-corrected chi connectivity index (χ1v) is 11.6. The Hall–Kier alpha value is -0.720. The van der Waals surface area contributed by atoms with E-state index in [4.69, 9.17) is 18.9 Å². The molecule has 0 aromatic carbocycles. The van der Waals surface area contributed by atoms with Crippen LogP contribution in [0.25, 0.3) is 0 Å². The Morgan fingerprint density at radius 2 is 1.86 bits per heavy atom. The molecule has 1 N–H and O–H groups in total. The minimum Gasteiger partial charge on any atom is -0.387 e. The number of allylic oxidation sites excluding steroid dienone is 2. The van der Waals surface area contributed by atoms with Gasteiger partial charge in [0.25, 0.3) is 0 Å². The Balaban J connectivity index is 1.47. The molecule has 1 saturated carbocycles. The van der Waals surface area contributed by atoms with Crippen LogP contribution in [0.5, 0.6) is 0 Å². The molecular weight excluding hydrogens is 368 g/mol.